The van der Waals surface area contributed by atoms with Crippen molar-refractivity contribution in [2.45, 2.75) is 57.5 Å². The van der Waals surface area contributed by atoms with E-state index in [1.165, 1.54) is 38.6 Å². The number of urea groups is 1. The summed E-state index contributed by atoms with van der Waals surface area (Å²) in [5.41, 5.74) is 3.06. The number of halogens is 1. The summed E-state index contributed by atoms with van der Waals surface area (Å²) in [5.74, 6) is 0.224. The molecule has 0 unspecified atom stereocenters. The molecule has 0 bridgehead atoms. The van der Waals surface area contributed by atoms with Gasteiger partial charge in [0.15, 0.2) is 0 Å². The fourth-order valence-electron chi connectivity index (χ4n) is 7.32. The number of benzene rings is 2. The number of fused-ring (bicyclic) bond motifs is 1. The second kappa shape index (κ2) is 16.7. The highest BCUT2D eigenvalue weighted by Crippen LogP contribution is 2.27. The summed E-state index contributed by atoms with van der Waals surface area (Å²) in [6.07, 6.45) is 5.27. The lowest BCUT2D eigenvalue weighted by molar-refractivity contribution is -0.137. The maximum atomic E-state index is 12.8. The van der Waals surface area contributed by atoms with Crippen LogP contribution in [0.4, 0.5) is 15.3 Å². The Morgan fingerprint density at radius 2 is 1.58 bits per heavy atom. The van der Waals surface area contributed by atoms with E-state index >= 15 is 0 Å². The first-order chi connectivity index (χ1) is 23.1. The maximum absolute atomic E-state index is 12.8. The van der Waals surface area contributed by atoms with Gasteiger partial charge in [0.25, 0.3) is 0 Å². The molecule has 2 aromatic carbocycles. The fourth-order valence-corrected chi connectivity index (χ4v) is 7.53. The minimum absolute atomic E-state index is 0.0403. The smallest absolute Gasteiger partial charge is 0.409 e. The quantitative estimate of drug-likeness (QED) is 0.468. The standard InChI is InChI=1S/C20H30ClN3O2.C16H21N3O3/c1-15(13-16-3-4-19(25)18(21)14-16)20(26)24-11-9-23(10-12-24)17-5-7-22(2)8-6-17;1-22-16(21)18-9-7-13(8-10-18)19-11-6-12-4-2-3-5-14(12)17-15(19)20/h3-4,14-15,17,25H,5-13H2,1-2H3;2-5,13H,6-11H2,1H3,(H,17,20)/t15-;/m1./s1. The van der Waals surface area contributed by atoms with Gasteiger partial charge in [-0.3, -0.25) is 9.69 Å². The number of carbonyl (C=O) groups excluding carboxylic acids is 3. The Morgan fingerprint density at radius 3 is 2.25 bits per heavy atom. The number of hydrogen-bond acceptors (Lipinski definition) is 7. The summed E-state index contributed by atoms with van der Waals surface area (Å²) in [6.45, 7) is 9.93. The van der Waals surface area contributed by atoms with Gasteiger partial charge in [-0.25, -0.2) is 9.59 Å². The predicted molar refractivity (Wildman–Crippen MR) is 188 cm³/mol. The third-order valence-electron chi connectivity index (χ3n) is 10.3. The molecule has 2 N–H and O–H groups in total. The van der Waals surface area contributed by atoms with Crippen molar-refractivity contribution >= 4 is 35.3 Å². The van der Waals surface area contributed by atoms with E-state index in [0.29, 0.717) is 37.1 Å². The van der Waals surface area contributed by atoms with E-state index in [0.717, 1.165) is 56.7 Å². The number of phenolic OH excluding ortho intramolecular Hbond substituents is 1. The minimum atomic E-state index is -0.286. The molecular weight excluding hydrogens is 632 g/mol. The molecule has 12 heteroatoms. The van der Waals surface area contributed by atoms with E-state index in [4.69, 9.17) is 16.3 Å². The van der Waals surface area contributed by atoms with Crippen molar-refractivity contribution in [3.8, 4) is 5.75 Å². The van der Waals surface area contributed by atoms with Crippen LogP contribution in [0.2, 0.25) is 5.02 Å². The van der Waals surface area contributed by atoms with Crippen molar-refractivity contribution in [3.63, 3.8) is 0 Å². The number of phenols is 1. The zero-order valence-electron chi connectivity index (χ0n) is 28.6. The Balaban J connectivity index is 0.000000190. The number of hydrogen-bond donors (Lipinski definition) is 2. The van der Waals surface area contributed by atoms with Crippen LogP contribution >= 0.6 is 11.6 Å². The lowest BCUT2D eigenvalue weighted by atomic mass is 9.98. The molecule has 11 nitrogen and oxygen atoms in total. The van der Waals surface area contributed by atoms with E-state index in [1.54, 1.807) is 17.0 Å². The fraction of sp³-hybridized carbons (Fsp3) is 0.583. The van der Waals surface area contributed by atoms with Crippen LogP contribution in [0.1, 0.15) is 43.7 Å². The summed E-state index contributed by atoms with van der Waals surface area (Å²) in [7, 11) is 3.59. The van der Waals surface area contributed by atoms with Crippen molar-refractivity contribution in [1.82, 2.24) is 24.5 Å². The number of para-hydroxylation sites is 1. The summed E-state index contributed by atoms with van der Waals surface area (Å²) >= 11 is 5.97. The zero-order chi connectivity index (χ0) is 34.2. The third-order valence-corrected chi connectivity index (χ3v) is 10.6. The Kier molecular flexibility index (Phi) is 12.5. The van der Waals surface area contributed by atoms with Crippen molar-refractivity contribution in [3.05, 3.63) is 58.6 Å². The largest absolute Gasteiger partial charge is 0.506 e. The SMILES string of the molecule is COC(=O)N1CCC(N2CCc3ccccc3NC2=O)CC1.C[C@H](Cc1ccc(O)c(Cl)c1)C(=O)N1CCN(C2CCN(C)CC2)CC1. The number of anilines is 1. The van der Waals surface area contributed by atoms with Gasteiger partial charge in [0.05, 0.1) is 12.1 Å². The van der Waals surface area contributed by atoms with E-state index in [1.807, 2.05) is 41.0 Å². The lowest BCUT2D eigenvalue weighted by Crippen LogP contribution is -2.54. The molecule has 3 saturated heterocycles. The molecule has 4 amide bonds. The summed E-state index contributed by atoms with van der Waals surface area (Å²) in [6, 6.07) is 13.9. The molecule has 0 spiro atoms. The maximum Gasteiger partial charge on any atom is 0.409 e. The molecule has 1 atom stereocenters. The van der Waals surface area contributed by atoms with Crippen LogP contribution in [-0.2, 0) is 22.4 Å². The number of aromatic hydroxyl groups is 1. The molecule has 0 saturated carbocycles. The summed E-state index contributed by atoms with van der Waals surface area (Å²) < 4.78 is 4.75. The second-order valence-corrected chi connectivity index (χ2v) is 13.9. The molecule has 0 aliphatic carbocycles. The van der Waals surface area contributed by atoms with Crippen LogP contribution in [0.15, 0.2) is 42.5 Å². The average Bonchev–Trinajstić information content (AvgIpc) is 3.28. The molecule has 0 aromatic heterocycles. The first kappa shape index (κ1) is 35.8. The van der Waals surface area contributed by atoms with Crippen LogP contribution in [0.25, 0.3) is 0 Å². The van der Waals surface area contributed by atoms with Crippen LogP contribution in [0.3, 0.4) is 0 Å². The molecule has 4 heterocycles. The predicted octanol–water partition coefficient (Wildman–Crippen LogP) is 4.77. The van der Waals surface area contributed by atoms with E-state index in [-0.39, 0.29) is 35.7 Å². The normalized spacial score (nSPS) is 20.6. The topological polar surface area (TPSA) is 109 Å². The molecule has 2 aromatic rings. The number of nitrogens with zero attached hydrogens (tertiary/aromatic N) is 5. The van der Waals surface area contributed by atoms with Crippen molar-refractivity contribution < 1.29 is 24.2 Å². The zero-order valence-corrected chi connectivity index (χ0v) is 29.3. The Labute approximate surface area is 289 Å². The van der Waals surface area contributed by atoms with Crippen molar-refractivity contribution in [2.75, 3.05) is 78.4 Å². The number of nitrogens with one attached hydrogen (secondary N) is 1. The number of likely N-dealkylation sites (tertiary alicyclic amines) is 2. The van der Waals surface area contributed by atoms with Gasteiger partial charge in [0, 0.05) is 69.5 Å². The van der Waals surface area contributed by atoms with Gasteiger partial charge in [-0.1, -0.05) is 42.8 Å². The van der Waals surface area contributed by atoms with Gasteiger partial charge in [-0.15, -0.1) is 0 Å². The Morgan fingerprint density at radius 1 is 0.917 bits per heavy atom. The highest BCUT2D eigenvalue weighted by atomic mass is 35.5. The molecule has 6 rings (SSSR count). The van der Waals surface area contributed by atoms with E-state index in [2.05, 4.69) is 28.2 Å². The molecule has 0 radical (unpaired) electrons. The number of rotatable bonds is 5. The van der Waals surface area contributed by atoms with Gasteiger partial charge >= 0.3 is 12.1 Å². The number of ether oxygens (including phenoxy) is 1. The second-order valence-electron chi connectivity index (χ2n) is 13.5. The van der Waals surface area contributed by atoms with Gasteiger partial charge in [0.1, 0.15) is 5.75 Å². The number of methoxy groups -OCH3 is 1. The van der Waals surface area contributed by atoms with Crippen LogP contribution in [0.5, 0.6) is 5.75 Å². The molecule has 4 aliphatic heterocycles. The minimum Gasteiger partial charge on any atom is -0.506 e. The van der Waals surface area contributed by atoms with Gasteiger partial charge < -0.3 is 34.8 Å². The van der Waals surface area contributed by atoms with E-state index in [9.17, 15) is 19.5 Å². The first-order valence-corrected chi connectivity index (χ1v) is 17.7. The third kappa shape index (κ3) is 9.12. The number of piperazine rings is 1. The number of carbonyl (C=O) groups is 3. The highest BCUT2D eigenvalue weighted by Gasteiger charge is 2.32. The molecule has 4 aliphatic rings. The summed E-state index contributed by atoms with van der Waals surface area (Å²) in [5, 5.41) is 12.9. The molecule has 3 fully saturated rings. The van der Waals surface area contributed by atoms with Crippen LogP contribution in [-0.4, -0.2) is 133 Å². The Hall–Kier alpha value is -3.54. The molecule has 262 valence electrons. The number of piperidine rings is 2. The van der Waals surface area contributed by atoms with E-state index < -0.39 is 0 Å². The molecule has 48 heavy (non-hydrogen) atoms. The van der Waals surface area contributed by atoms with Gasteiger partial charge in [-0.05, 0) is 88.0 Å². The Bertz CT molecular complexity index is 1400. The van der Waals surface area contributed by atoms with Gasteiger partial charge in [0.2, 0.25) is 5.91 Å². The van der Waals surface area contributed by atoms with Gasteiger partial charge in [-0.2, -0.15) is 0 Å². The average molecular weight is 683 g/mol. The molecular formula is C36H51ClN6O5. The van der Waals surface area contributed by atoms with Crippen molar-refractivity contribution in [1.29, 1.82) is 0 Å². The monoisotopic (exact) mass is 682 g/mol. The summed E-state index contributed by atoms with van der Waals surface area (Å²) in [4.78, 5) is 47.4. The van der Waals surface area contributed by atoms with Crippen molar-refractivity contribution in [2.24, 2.45) is 5.92 Å². The first-order valence-electron chi connectivity index (χ1n) is 17.3. The lowest BCUT2D eigenvalue weighted by Gasteiger charge is -2.42. The highest BCUT2D eigenvalue weighted by molar-refractivity contribution is 6.32. The van der Waals surface area contributed by atoms with Crippen LogP contribution < -0.4 is 5.32 Å². The van der Waals surface area contributed by atoms with Crippen LogP contribution in [0, 0.1) is 5.92 Å². The number of amides is 4.